The average molecular weight is 272 g/mol. The van der Waals surface area contributed by atoms with Crippen LogP contribution in [0.2, 0.25) is 0 Å². The minimum absolute atomic E-state index is 0.612. The number of nitrogens with zero attached hydrogens (tertiary/aromatic N) is 3. The molecule has 0 amide bonds. The van der Waals surface area contributed by atoms with E-state index in [1.807, 2.05) is 0 Å². The summed E-state index contributed by atoms with van der Waals surface area (Å²) >= 11 is 3.33. The van der Waals surface area contributed by atoms with Crippen LogP contribution < -0.4 is 4.90 Å². The minimum atomic E-state index is 0.612. The highest BCUT2D eigenvalue weighted by Crippen LogP contribution is 2.29. The maximum Gasteiger partial charge on any atom is 0.225 e. The van der Waals surface area contributed by atoms with E-state index in [1.165, 1.54) is 12.8 Å². The van der Waals surface area contributed by atoms with Crippen LogP contribution >= 0.6 is 15.9 Å². The van der Waals surface area contributed by atoms with Crippen molar-refractivity contribution in [3.63, 3.8) is 0 Å². The van der Waals surface area contributed by atoms with E-state index in [0.29, 0.717) is 6.04 Å². The van der Waals surface area contributed by atoms with Gasteiger partial charge in [-0.3, -0.25) is 0 Å². The molecule has 1 heterocycles. The lowest BCUT2D eigenvalue weighted by atomic mass is 10.5. The molecule has 1 saturated carbocycles. The number of ether oxygens (including phenoxy) is 1. The van der Waals surface area contributed by atoms with Crippen molar-refractivity contribution >= 4 is 21.9 Å². The molecule has 0 bridgehead atoms. The molecule has 0 spiro atoms. The van der Waals surface area contributed by atoms with Crippen LogP contribution in [0.15, 0.2) is 16.9 Å². The fourth-order valence-corrected chi connectivity index (χ4v) is 1.68. The van der Waals surface area contributed by atoms with Crippen molar-refractivity contribution in [3.8, 4) is 0 Å². The van der Waals surface area contributed by atoms with Crippen molar-refractivity contribution in [1.29, 1.82) is 0 Å². The Balaban J connectivity index is 2.06. The molecule has 1 aliphatic carbocycles. The summed E-state index contributed by atoms with van der Waals surface area (Å²) in [6.07, 6.45) is 6.04. The van der Waals surface area contributed by atoms with E-state index in [0.717, 1.165) is 23.6 Å². The first kappa shape index (κ1) is 10.8. The van der Waals surface area contributed by atoms with Crippen LogP contribution in [0.3, 0.4) is 0 Å². The third-order valence-corrected chi connectivity index (χ3v) is 2.80. The molecule has 0 radical (unpaired) electrons. The monoisotopic (exact) mass is 271 g/mol. The smallest absolute Gasteiger partial charge is 0.225 e. The predicted molar refractivity (Wildman–Crippen MR) is 62.0 cm³/mol. The summed E-state index contributed by atoms with van der Waals surface area (Å²) in [5.74, 6) is 0.803. The summed E-state index contributed by atoms with van der Waals surface area (Å²) in [4.78, 5) is 10.8. The number of anilines is 1. The molecule has 1 fully saturated rings. The van der Waals surface area contributed by atoms with Gasteiger partial charge in [-0.15, -0.1) is 0 Å². The van der Waals surface area contributed by atoms with Gasteiger partial charge < -0.3 is 9.64 Å². The second-order valence-corrected chi connectivity index (χ2v) is 4.53. The summed E-state index contributed by atoms with van der Waals surface area (Å²) in [5.41, 5.74) is 0. The zero-order valence-electron chi connectivity index (χ0n) is 8.69. The molecule has 2 rings (SSSR count). The number of rotatable bonds is 5. The van der Waals surface area contributed by atoms with Crippen molar-refractivity contribution in [2.45, 2.75) is 18.9 Å². The highest BCUT2D eigenvalue weighted by atomic mass is 79.9. The third-order valence-electron chi connectivity index (χ3n) is 2.39. The van der Waals surface area contributed by atoms with Gasteiger partial charge in [-0.25, -0.2) is 9.97 Å². The van der Waals surface area contributed by atoms with Crippen LogP contribution in [-0.2, 0) is 4.74 Å². The number of hydrogen-bond donors (Lipinski definition) is 0. The second kappa shape index (κ2) is 4.90. The molecule has 0 unspecified atom stereocenters. The molecular formula is C10H14BrN3O. The summed E-state index contributed by atoms with van der Waals surface area (Å²) in [5, 5.41) is 0. The van der Waals surface area contributed by atoms with Crippen LogP contribution in [0, 0.1) is 0 Å². The van der Waals surface area contributed by atoms with Crippen LogP contribution in [0.1, 0.15) is 12.8 Å². The highest BCUT2D eigenvalue weighted by Gasteiger charge is 2.30. The van der Waals surface area contributed by atoms with Gasteiger partial charge in [0.15, 0.2) is 0 Å². The van der Waals surface area contributed by atoms with E-state index in [9.17, 15) is 0 Å². The minimum Gasteiger partial charge on any atom is -0.383 e. The Kier molecular flexibility index (Phi) is 3.53. The third kappa shape index (κ3) is 2.89. The Morgan fingerprint density at radius 2 is 2.13 bits per heavy atom. The van der Waals surface area contributed by atoms with Gasteiger partial charge in [-0.1, -0.05) is 0 Å². The first-order valence-corrected chi connectivity index (χ1v) is 5.83. The molecule has 4 nitrogen and oxygen atoms in total. The Morgan fingerprint density at radius 1 is 1.47 bits per heavy atom. The lowest BCUT2D eigenvalue weighted by Crippen LogP contribution is -2.30. The standard InChI is InChI=1S/C10H14BrN3O/c1-15-5-4-14(9-2-3-9)10-12-6-8(11)7-13-10/h6-7,9H,2-5H2,1H3. The molecule has 0 atom stereocenters. The zero-order chi connectivity index (χ0) is 10.7. The lowest BCUT2D eigenvalue weighted by Gasteiger charge is -2.21. The lowest BCUT2D eigenvalue weighted by molar-refractivity contribution is 0.204. The molecule has 1 aliphatic rings. The zero-order valence-corrected chi connectivity index (χ0v) is 10.3. The van der Waals surface area contributed by atoms with Gasteiger partial charge in [0, 0.05) is 32.1 Å². The van der Waals surface area contributed by atoms with Gasteiger partial charge in [0.2, 0.25) is 5.95 Å². The van der Waals surface area contributed by atoms with Crippen molar-refractivity contribution in [2.75, 3.05) is 25.2 Å². The summed E-state index contributed by atoms with van der Waals surface area (Å²) < 4.78 is 6.00. The van der Waals surface area contributed by atoms with Crippen LogP contribution in [0.25, 0.3) is 0 Å². The van der Waals surface area contributed by atoms with Gasteiger partial charge in [-0.2, -0.15) is 0 Å². The molecule has 15 heavy (non-hydrogen) atoms. The van der Waals surface area contributed by atoms with E-state index >= 15 is 0 Å². The highest BCUT2D eigenvalue weighted by molar-refractivity contribution is 9.10. The molecule has 5 heteroatoms. The van der Waals surface area contributed by atoms with Crippen LogP contribution in [0.4, 0.5) is 5.95 Å². The maximum atomic E-state index is 5.09. The predicted octanol–water partition coefficient (Wildman–Crippen LogP) is 1.85. The molecule has 0 saturated heterocycles. The Morgan fingerprint density at radius 3 is 2.67 bits per heavy atom. The molecule has 82 valence electrons. The van der Waals surface area contributed by atoms with Crippen molar-refractivity contribution in [1.82, 2.24) is 9.97 Å². The van der Waals surface area contributed by atoms with E-state index < -0.39 is 0 Å². The second-order valence-electron chi connectivity index (χ2n) is 3.62. The van der Waals surface area contributed by atoms with Gasteiger partial charge in [0.05, 0.1) is 11.1 Å². The van der Waals surface area contributed by atoms with Crippen molar-refractivity contribution in [3.05, 3.63) is 16.9 Å². The average Bonchev–Trinajstić information content (AvgIpc) is 3.05. The van der Waals surface area contributed by atoms with E-state index in [1.54, 1.807) is 19.5 Å². The number of halogens is 1. The first-order valence-electron chi connectivity index (χ1n) is 5.04. The Bertz CT molecular complexity index is 313. The van der Waals surface area contributed by atoms with E-state index in [-0.39, 0.29) is 0 Å². The van der Waals surface area contributed by atoms with Crippen molar-refractivity contribution in [2.24, 2.45) is 0 Å². The molecule has 0 N–H and O–H groups in total. The van der Waals surface area contributed by atoms with Gasteiger partial charge in [0.25, 0.3) is 0 Å². The molecule has 1 aromatic rings. The number of hydrogen-bond acceptors (Lipinski definition) is 4. The SMILES string of the molecule is COCCN(c1ncc(Br)cn1)C1CC1. The fraction of sp³-hybridized carbons (Fsp3) is 0.600. The molecular weight excluding hydrogens is 258 g/mol. The van der Waals surface area contributed by atoms with Crippen LogP contribution in [0.5, 0.6) is 0 Å². The number of methoxy groups -OCH3 is 1. The maximum absolute atomic E-state index is 5.09. The Labute approximate surface area is 97.8 Å². The van der Waals surface area contributed by atoms with E-state index in [2.05, 4.69) is 30.8 Å². The molecule has 0 aliphatic heterocycles. The quantitative estimate of drug-likeness (QED) is 0.820. The number of aromatic nitrogens is 2. The van der Waals surface area contributed by atoms with E-state index in [4.69, 9.17) is 4.74 Å². The first-order chi connectivity index (χ1) is 7.31. The largest absolute Gasteiger partial charge is 0.383 e. The van der Waals surface area contributed by atoms with Gasteiger partial charge in [0.1, 0.15) is 0 Å². The van der Waals surface area contributed by atoms with Gasteiger partial charge in [-0.05, 0) is 28.8 Å². The normalized spacial score (nSPS) is 15.3. The topological polar surface area (TPSA) is 38.2 Å². The summed E-state index contributed by atoms with van der Waals surface area (Å²) in [6.45, 7) is 1.58. The summed E-state index contributed by atoms with van der Waals surface area (Å²) in [7, 11) is 1.72. The van der Waals surface area contributed by atoms with Crippen molar-refractivity contribution < 1.29 is 4.74 Å². The van der Waals surface area contributed by atoms with Crippen LogP contribution in [-0.4, -0.2) is 36.3 Å². The summed E-state index contributed by atoms with van der Waals surface area (Å²) in [6, 6.07) is 0.612. The fourth-order valence-electron chi connectivity index (χ4n) is 1.48. The molecule has 0 aromatic carbocycles. The Hall–Kier alpha value is -0.680. The molecule has 1 aromatic heterocycles. The van der Waals surface area contributed by atoms with Gasteiger partial charge >= 0.3 is 0 Å².